The van der Waals surface area contributed by atoms with Crippen LogP contribution in [0.15, 0.2) is 24.4 Å². The van der Waals surface area contributed by atoms with Crippen molar-refractivity contribution in [3.05, 3.63) is 35.0 Å². The van der Waals surface area contributed by atoms with Crippen molar-refractivity contribution in [3.8, 4) is 11.3 Å². The van der Waals surface area contributed by atoms with E-state index in [-0.39, 0.29) is 0 Å². The molecule has 0 saturated heterocycles. The van der Waals surface area contributed by atoms with E-state index in [9.17, 15) is 0 Å². The molecule has 0 amide bonds. The van der Waals surface area contributed by atoms with Gasteiger partial charge in [0.2, 0.25) is 5.95 Å². The van der Waals surface area contributed by atoms with E-state index in [1.165, 1.54) is 0 Å². The number of nitrogens with one attached hydrogen (secondary N) is 2. The predicted molar refractivity (Wildman–Crippen MR) is 81.0 cm³/mol. The number of rotatable bonds is 3. The fraction of sp³-hybridized carbons (Fsp3) is 0.214. The third kappa shape index (κ3) is 2.20. The second kappa shape index (κ2) is 5.09. The molecular weight excluding hydrogens is 274 g/mol. The number of nitrogens with zero attached hydrogens (tertiary/aromatic N) is 3. The van der Waals surface area contributed by atoms with Gasteiger partial charge in [0.25, 0.3) is 0 Å². The number of aromatic amines is 1. The third-order valence-electron chi connectivity index (χ3n) is 3.09. The van der Waals surface area contributed by atoms with Crippen LogP contribution >= 0.6 is 11.6 Å². The van der Waals surface area contributed by atoms with Crippen LogP contribution in [0.3, 0.4) is 0 Å². The molecule has 3 rings (SSSR count). The Hall–Kier alpha value is -2.14. The molecule has 6 heteroatoms. The SMILES string of the molecule is CCNc1nc(-c2ccc(C)c(Cl)c2)c2cn[nH]c2n1. The summed E-state index contributed by atoms with van der Waals surface area (Å²) in [5.41, 5.74) is 3.53. The van der Waals surface area contributed by atoms with Crippen LogP contribution in [-0.2, 0) is 0 Å². The third-order valence-corrected chi connectivity index (χ3v) is 3.50. The Kier molecular flexibility index (Phi) is 3.28. The Morgan fingerprint density at radius 3 is 2.90 bits per heavy atom. The highest BCUT2D eigenvalue weighted by atomic mass is 35.5. The molecule has 2 heterocycles. The molecule has 0 saturated carbocycles. The van der Waals surface area contributed by atoms with Crippen molar-refractivity contribution in [3.63, 3.8) is 0 Å². The van der Waals surface area contributed by atoms with E-state index >= 15 is 0 Å². The molecule has 1 aromatic carbocycles. The highest BCUT2D eigenvalue weighted by Crippen LogP contribution is 2.29. The Bertz CT molecular complexity index is 765. The predicted octanol–water partition coefficient (Wildman–Crippen LogP) is 3.41. The van der Waals surface area contributed by atoms with Crippen LogP contribution in [0.1, 0.15) is 12.5 Å². The maximum absolute atomic E-state index is 6.21. The maximum Gasteiger partial charge on any atom is 0.225 e. The van der Waals surface area contributed by atoms with Crippen molar-refractivity contribution in [1.82, 2.24) is 20.2 Å². The zero-order chi connectivity index (χ0) is 14.1. The van der Waals surface area contributed by atoms with E-state index in [0.717, 1.165) is 33.8 Å². The lowest BCUT2D eigenvalue weighted by Crippen LogP contribution is -2.03. The molecule has 3 aromatic rings. The number of anilines is 1. The number of halogens is 1. The van der Waals surface area contributed by atoms with Gasteiger partial charge in [0.15, 0.2) is 5.65 Å². The topological polar surface area (TPSA) is 66.5 Å². The largest absolute Gasteiger partial charge is 0.354 e. The van der Waals surface area contributed by atoms with Crippen LogP contribution in [0.25, 0.3) is 22.3 Å². The Labute approximate surface area is 121 Å². The summed E-state index contributed by atoms with van der Waals surface area (Å²) >= 11 is 6.21. The summed E-state index contributed by atoms with van der Waals surface area (Å²) in [6, 6.07) is 5.91. The normalized spacial score (nSPS) is 10.9. The van der Waals surface area contributed by atoms with Crippen LogP contribution in [-0.4, -0.2) is 26.7 Å². The van der Waals surface area contributed by atoms with Crippen LogP contribution in [0, 0.1) is 6.92 Å². The molecule has 0 aliphatic heterocycles. The minimum absolute atomic E-state index is 0.580. The van der Waals surface area contributed by atoms with Gasteiger partial charge < -0.3 is 5.32 Å². The summed E-state index contributed by atoms with van der Waals surface area (Å²) in [4.78, 5) is 8.94. The second-order valence-corrected chi connectivity index (χ2v) is 4.93. The van der Waals surface area contributed by atoms with E-state index in [4.69, 9.17) is 11.6 Å². The molecule has 5 nitrogen and oxygen atoms in total. The summed E-state index contributed by atoms with van der Waals surface area (Å²) in [5, 5.41) is 11.6. The van der Waals surface area contributed by atoms with Gasteiger partial charge in [0, 0.05) is 17.1 Å². The Morgan fingerprint density at radius 1 is 1.30 bits per heavy atom. The second-order valence-electron chi connectivity index (χ2n) is 4.52. The molecule has 2 aromatic heterocycles. The van der Waals surface area contributed by atoms with Gasteiger partial charge in [0.05, 0.1) is 17.3 Å². The monoisotopic (exact) mass is 287 g/mol. The highest BCUT2D eigenvalue weighted by Gasteiger charge is 2.12. The fourth-order valence-corrected chi connectivity index (χ4v) is 2.21. The van der Waals surface area contributed by atoms with E-state index in [2.05, 4.69) is 25.5 Å². The van der Waals surface area contributed by atoms with Crippen molar-refractivity contribution in [2.75, 3.05) is 11.9 Å². The minimum atomic E-state index is 0.580. The van der Waals surface area contributed by atoms with E-state index in [1.807, 2.05) is 32.0 Å². The van der Waals surface area contributed by atoms with Crippen molar-refractivity contribution in [2.45, 2.75) is 13.8 Å². The standard InChI is InChI=1S/C14H14ClN5/c1-3-16-14-18-12(10-7-17-20-13(10)19-14)9-5-4-8(2)11(15)6-9/h4-7H,3H2,1-2H3,(H2,16,17,18,19,20). The van der Waals surface area contributed by atoms with Gasteiger partial charge in [-0.3, -0.25) is 5.10 Å². The van der Waals surface area contributed by atoms with Gasteiger partial charge in [0.1, 0.15) is 0 Å². The summed E-state index contributed by atoms with van der Waals surface area (Å²) in [7, 11) is 0. The number of hydrogen-bond donors (Lipinski definition) is 2. The summed E-state index contributed by atoms with van der Waals surface area (Å²) in [6.45, 7) is 4.74. The fourth-order valence-electron chi connectivity index (χ4n) is 2.03. The summed E-state index contributed by atoms with van der Waals surface area (Å²) in [5.74, 6) is 0.580. The number of benzene rings is 1. The molecule has 2 N–H and O–H groups in total. The molecule has 0 fully saturated rings. The quantitative estimate of drug-likeness (QED) is 0.775. The van der Waals surface area contributed by atoms with Crippen LogP contribution in [0.4, 0.5) is 5.95 Å². The first kappa shape index (κ1) is 12.9. The van der Waals surface area contributed by atoms with E-state index in [0.29, 0.717) is 11.6 Å². The number of fused-ring (bicyclic) bond motifs is 1. The van der Waals surface area contributed by atoms with Gasteiger partial charge in [-0.1, -0.05) is 23.7 Å². The lowest BCUT2D eigenvalue weighted by atomic mass is 10.1. The van der Waals surface area contributed by atoms with Crippen molar-refractivity contribution in [2.24, 2.45) is 0 Å². The van der Waals surface area contributed by atoms with Crippen molar-refractivity contribution in [1.29, 1.82) is 0 Å². The van der Waals surface area contributed by atoms with E-state index in [1.54, 1.807) is 6.20 Å². The maximum atomic E-state index is 6.21. The zero-order valence-corrected chi connectivity index (χ0v) is 12.0. The Morgan fingerprint density at radius 2 is 2.15 bits per heavy atom. The first-order valence-corrected chi connectivity index (χ1v) is 6.78. The number of aromatic nitrogens is 4. The molecule has 0 bridgehead atoms. The molecule has 0 spiro atoms. The molecule has 0 unspecified atom stereocenters. The molecule has 0 aliphatic carbocycles. The lowest BCUT2D eigenvalue weighted by molar-refractivity contribution is 1.07. The smallest absolute Gasteiger partial charge is 0.225 e. The summed E-state index contributed by atoms with van der Waals surface area (Å²) < 4.78 is 0. The number of hydrogen-bond acceptors (Lipinski definition) is 4. The number of H-pyrrole nitrogens is 1. The highest BCUT2D eigenvalue weighted by molar-refractivity contribution is 6.31. The molecular formula is C14H14ClN5. The van der Waals surface area contributed by atoms with Gasteiger partial charge >= 0.3 is 0 Å². The average Bonchev–Trinajstić information content (AvgIpc) is 2.89. The van der Waals surface area contributed by atoms with Gasteiger partial charge in [-0.15, -0.1) is 0 Å². The Balaban J connectivity index is 2.22. The molecule has 0 atom stereocenters. The van der Waals surface area contributed by atoms with Gasteiger partial charge in [-0.05, 0) is 25.5 Å². The van der Waals surface area contributed by atoms with E-state index < -0.39 is 0 Å². The van der Waals surface area contributed by atoms with Gasteiger partial charge in [-0.25, -0.2) is 4.98 Å². The zero-order valence-electron chi connectivity index (χ0n) is 11.2. The first-order valence-electron chi connectivity index (χ1n) is 6.40. The van der Waals surface area contributed by atoms with Crippen LogP contribution in [0.2, 0.25) is 5.02 Å². The summed E-state index contributed by atoms with van der Waals surface area (Å²) in [6.07, 6.45) is 1.73. The van der Waals surface area contributed by atoms with Crippen LogP contribution in [0.5, 0.6) is 0 Å². The van der Waals surface area contributed by atoms with Crippen molar-refractivity contribution >= 4 is 28.6 Å². The van der Waals surface area contributed by atoms with Crippen LogP contribution < -0.4 is 5.32 Å². The molecule has 20 heavy (non-hydrogen) atoms. The number of aryl methyl sites for hydroxylation is 1. The first-order chi connectivity index (χ1) is 9.69. The average molecular weight is 288 g/mol. The molecule has 0 radical (unpaired) electrons. The van der Waals surface area contributed by atoms with Crippen molar-refractivity contribution < 1.29 is 0 Å². The lowest BCUT2D eigenvalue weighted by Gasteiger charge is -2.07. The molecule has 0 aliphatic rings. The molecule has 102 valence electrons. The van der Waals surface area contributed by atoms with Gasteiger partial charge in [-0.2, -0.15) is 10.1 Å². The minimum Gasteiger partial charge on any atom is -0.354 e.